The highest BCUT2D eigenvalue weighted by molar-refractivity contribution is 5.88. The molecule has 16 heavy (non-hydrogen) atoms. The van der Waals surface area contributed by atoms with E-state index in [-0.39, 0.29) is 13.1 Å². The van der Waals surface area contributed by atoms with E-state index >= 15 is 0 Å². The van der Waals surface area contributed by atoms with Crippen LogP contribution < -0.4 is 5.32 Å². The highest BCUT2D eigenvalue weighted by Crippen LogP contribution is 2.02. The molecule has 0 aliphatic carbocycles. The summed E-state index contributed by atoms with van der Waals surface area (Å²) in [6.07, 6.45) is -1.03. The summed E-state index contributed by atoms with van der Waals surface area (Å²) in [7, 11) is 1.28. The highest BCUT2D eigenvalue weighted by Gasteiger charge is 2.06. The Balaban J connectivity index is 2.48. The Morgan fingerprint density at radius 2 is 2.31 bits per heavy atom. The summed E-state index contributed by atoms with van der Waals surface area (Å²) in [6, 6.07) is 3.13. The van der Waals surface area contributed by atoms with Crippen LogP contribution in [0.4, 0.5) is 8.78 Å². The number of rotatable bonds is 5. The maximum absolute atomic E-state index is 11.8. The van der Waals surface area contributed by atoms with E-state index in [2.05, 4.69) is 15.0 Å². The average molecular weight is 230 g/mol. The Kier molecular flexibility index (Phi) is 4.78. The molecule has 4 nitrogen and oxygen atoms in total. The first-order valence-corrected chi connectivity index (χ1v) is 4.65. The molecule has 0 spiro atoms. The molecule has 0 amide bonds. The van der Waals surface area contributed by atoms with E-state index in [1.807, 2.05) is 0 Å². The van der Waals surface area contributed by atoms with Gasteiger partial charge in [-0.3, -0.25) is 4.98 Å². The molecule has 0 saturated heterocycles. The lowest BCUT2D eigenvalue weighted by atomic mass is 10.2. The Bertz CT molecular complexity index is 341. The number of hydrogen-bond acceptors (Lipinski definition) is 4. The van der Waals surface area contributed by atoms with Gasteiger partial charge in [-0.15, -0.1) is 0 Å². The fourth-order valence-electron chi connectivity index (χ4n) is 1.08. The number of pyridine rings is 1. The van der Waals surface area contributed by atoms with Crippen molar-refractivity contribution in [3.8, 4) is 0 Å². The minimum atomic E-state index is -2.38. The number of aromatic nitrogens is 1. The third-order valence-electron chi connectivity index (χ3n) is 1.85. The van der Waals surface area contributed by atoms with Crippen LogP contribution in [0.3, 0.4) is 0 Å². The lowest BCUT2D eigenvalue weighted by Gasteiger charge is -2.04. The van der Waals surface area contributed by atoms with Crippen LogP contribution in [0.25, 0.3) is 0 Å². The second-order valence-electron chi connectivity index (χ2n) is 3.05. The maximum Gasteiger partial charge on any atom is 0.339 e. The SMILES string of the molecule is COC(=O)c1ccc(CNCC(F)F)nc1. The molecule has 1 heterocycles. The Morgan fingerprint density at radius 1 is 1.56 bits per heavy atom. The van der Waals surface area contributed by atoms with Gasteiger partial charge >= 0.3 is 5.97 Å². The molecule has 1 rings (SSSR count). The molecule has 6 heteroatoms. The van der Waals surface area contributed by atoms with Crippen LogP contribution in [-0.4, -0.2) is 31.0 Å². The molecular weight excluding hydrogens is 218 g/mol. The monoisotopic (exact) mass is 230 g/mol. The molecule has 0 aliphatic heterocycles. The van der Waals surface area contributed by atoms with Crippen molar-refractivity contribution >= 4 is 5.97 Å². The van der Waals surface area contributed by atoms with Crippen molar-refractivity contribution in [2.45, 2.75) is 13.0 Å². The molecule has 0 atom stereocenters. The number of nitrogens with zero attached hydrogens (tertiary/aromatic N) is 1. The van der Waals surface area contributed by atoms with Gasteiger partial charge in [0.05, 0.1) is 24.9 Å². The predicted molar refractivity (Wildman–Crippen MR) is 53.3 cm³/mol. The third kappa shape index (κ3) is 3.90. The van der Waals surface area contributed by atoms with Gasteiger partial charge in [-0.05, 0) is 12.1 Å². The van der Waals surface area contributed by atoms with Crippen LogP contribution in [0.1, 0.15) is 16.1 Å². The van der Waals surface area contributed by atoms with Crippen molar-refractivity contribution in [1.29, 1.82) is 0 Å². The topological polar surface area (TPSA) is 51.2 Å². The molecule has 0 saturated carbocycles. The Labute approximate surface area is 91.6 Å². The standard InChI is InChI=1S/C10H12F2N2O2/c1-16-10(15)7-2-3-8(14-4-7)5-13-6-9(11)12/h2-4,9,13H,5-6H2,1H3. The van der Waals surface area contributed by atoms with Gasteiger partial charge in [0.2, 0.25) is 0 Å². The van der Waals surface area contributed by atoms with Crippen LogP contribution in [0.15, 0.2) is 18.3 Å². The van der Waals surface area contributed by atoms with Gasteiger partial charge in [0.25, 0.3) is 6.43 Å². The zero-order valence-electron chi connectivity index (χ0n) is 8.74. The van der Waals surface area contributed by atoms with Gasteiger partial charge in [-0.25, -0.2) is 13.6 Å². The fourth-order valence-corrected chi connectivity index (χ4v) is 1.08. The van der Waals surface area contributed by atoms with E-state index in [0.29, 0.717) is 11.3 Å². The summed E-state index contributed by atoms with van der Waals surface area (Å²) in [6.45, 7) is -0.133. The van der Waals surface area contributed by atoms with Gasteiger partial charge in [-0.1, -0.05) is 0 Å². The largest absolute Gasteiger partial charge is 0.465 e. The Morgan fingerprint density at radius 3 is 2.81 bits per heavy atom. The quantitative estimate of drug-likeness (QED) is 0.773. The van der Waals surface area contributed by atoms with Crippen molar-refractivity contribution < 1.29 is 18.3 Å². The van der Waals surface area contributed by atoms with E-state index in [9.17, 15) is 13.6 Å². The molecule has 0 aromatic carbocycles. The number of carbonyl (C=O) groups is 1. The zero-order chi connectivity index (χ0) is 12.0. The normalized spacial score (nSPS) is 10.5. The Hall–Kier alpha value is -1.56. The first kappa shape index (κ1) is 12.5. The molecule has 0 fully saturated rings. The van der Waals surface area contributed by atoms with Crippen molar-refractivity contribution in [2.75, 3.05) is 13.7 Å². The summed E-state index contributed by atoms with van der Waals surface area (Å²) >= 11 is 0. The summed E-state index contributed by atoms with van der Waals surface area (Å²) in [5.41, 5.74) is 0.924. The highest BCUT2D eigenvalue weighted by atomic mass is 19.3. The predicted octanol–water partition coefficient (Wildman–Crippen LogP) is 1.22. The van der Waals surface area contributed by atoms with Crippen molar-refractivity contribution in [3.63, 3.8) is 0 Å². The number of nitrogens with one attached hydrogen (secondary N) is 1. The zero-order valence-corrected chi connectivity index (χ0v) is 8.74. The van der Waals surface area contributed by atoms with Gasteiger partial charge in [0.1, 0.15) is 0 Å². The van der Waals surface area contributed by atoms with E-state index in [4.69, 9.17) is 0 Å². The smallest absolute Gasteiger partial charge is 0.339 e. The molecule has 0 radical (unpaired) electrons. The number of alkyl halides is 2. The van der Waals surface area contributed by atoms with Crippen LogP contribution in [0.5, 0.6) is 0 Å². The second kappa shape index (κ2) is 6.12. The van der Waals surface area contributed by atoms with Crippen LogP contribution in [0, 0.1) is 0 Å². The molecule has 1 aromatic rings. The van der Waals surface area contributed by atoms with Crippen molar-refractivity contribution in [1.82, 2.24) is 10.3 Å². The van der Waals surface area contributed by atoms with E-state index in [0.717, 1.165) is 0 Å². The number of carbonyl (C=O) groups excluding carboxylic acids is 1. The summed E-state index contributed by atoms with van der Waals surface area (Å²) in [4.78, 5) is 15.0. The van der Waals surface area contributed by atoms with Crippen molar-refractivity contribution in [3.05, 3.63) is 29.6 Å². The average Bonchev–Trinajstić information content (AvgIpc) is 2.28. The molecule has 0 aliphatic rings. The van der Waals surface area contributed by atoms with Crippen LogP contribution in [-0.2, 0) is 11.3 Å². The minimum absolute atomic E-state index is 0.242. The lowest BCUT2D eigenvalue weighted by molar-refractivity contribution is 0.0600. The van der Waals surface area contributed by atoms with Gasteiger partial charge in [0.15, 0.2) is 0 Å². The number of methoxy groups -OCH3 is 1. The van der Waals surface area contributed by atoms with E-state index in [1.54, 1.807) is 6.07 Å². The minimum Gasteiger partial charge on any atom is -0.465 e. The molecule has 1 aromatic heterocycles. The first-order valence-electron chi connectivity index (χ1n) is 4.65. The van der Waals surface area contributed by atoms with E-state index < -0.39 is 12.4 Å². The van der Waals surface area contributed by atoms with Gasteiger partial charge < -0.3 is 10.1 Å². The fraction of sp³-hybridized carbons (Fsp3) is 0.400. The van der Waals surface area contributed by atoms with Gasteiger partial charge in [0, 0.05) is 12.7 Å². The number of hydrogen-bond donors (Lipinski definition) is 1. The van der Waals surface area contributed by atoms with Crippen LogP contribution >= 0.6 is 0 Å². The number of halogens is 2. The third-order valence-corrected chi connectivity index (χ3v) is 1.85. The molecule has 0 bridgehead atoms. The van der Waals surface area contributed by atoms with E-state index in [1.165, 1.54) is 19.4 Å². The summed E-state index contributed by atoms with van der Waals surface area (Å²) in [5.74, 6) is -0.473. The summed E-state index contributed by atoms with van der Waals surface area (Å²) in [5, 5.41) is 2.54. The second-order valence-corrected chi connectivity index (χ2v) is 3.05. The molecule has 0 unspecified atom stereocenters. The number of esters is 1. The van der Waals surface area contributed by atoms with Crippen molar-refractivity contribution in [2.24, 2.45) is 0 Å². The summed E-state index contributed by atoms with van der Waals surface area (Å²) < 4.78 is 28.1. The van der Waals surface area contributed by atoms with Crippen LogP contribution in [0.2, 0.25) is 0 Å². The first-order chi connectivity index (χ1) is 7.63. The molecule has 1 N–H and O–H groups in total. The maximum atomic E-state index is 11.8. The molecular formula is C10H12F2N2O2. The molecule has 88 valence electrons. The number of ether oxygens (including phenoxy) is 1. The lowest BCUT2D eigenvalue weighted by Crippen LogP contribution is -2.21. The van der Waals surface area contributed by atoms with Gasteiger partial charge in [-0.2, -0.15) is 0 Å².